The molecule has 1 aliphatic rings. The number of para-hydroxylation sites is 1. The third-order valence-electron chi connectivity index (χ3n) is 3.99. The van der Waals surface area contributed by atoms with Crippen LogP contribution in [-0.2, 0) is 4.74 Å². The van der Waals surface area contributed by atoms with Crippen molar-refractivity contribution in [1.29, 1.82) is 0 Å². The molecule has 0 amide bonds. The van der Waals surface area contributed by atoms with Crippen LogP contribution in [0.4, 0.5) is 5.82 Å². The average molecular weight is 329 g/mol. The number of ether oxygens (including phenoxy) is 1. The number of aliphatic hydroxyl groups is 1. The van der Waals surface area contributed by atoms with Crippen LogP contribution in [0, 0.1) is 6.92 Å². The van der Waals surface area contributed by atoms with Gasteiger partial charge in [0.2, 0.25) is 0 Å². The van der Waals surface area contributed by atoms with E-state index in [4.69, 9.17) is 4.74 Å². The Labute approximate surface area is 141 Å². The van der Waals surface area contributed by atoms with Gasteiger partial charge in [-0.2, -0.15) is 0 Å². The highest BCUT2D eigenvalue weighted by atomic mass is 16.5. The summed E-state index contributed by atoms with van der Waals surface area (Å²) in [5.41, 5.74) is 1.40. The topological polar surface area (TPSA) is 78.7 Å². The Balaban J connectivity index is 1.89. The molecule has 1 aliphatic heterocycles. The minimum absolute atomic E-state index is 0.0635. The summed E-state index contributed by atoms with van der Waals surface area (Å²) in [6.45, 7) is 6.86. The Morgan fingerprint density at radius 2 is 1.96 bits per heavy atom. The minimum atomic E-state index is -0.545. The molecule has 1 saturated heterocycles. The van der Waals surface area contributed by atoms with Gasteiger partial charge in [-0.25, -0.2) is 9.97 Å². The second-order valence-corrected chi connectivity index (χ2v) is 6.40. The molecule has 1 fully saturated rings. The van der Waals surface area contributed by atoms with E-state index in [1.807, 2.05) is 37.8 Å². The van der Waals surface area contributed by atoms with E-state index in [-0.39, 0.29) is 18.0 Å². The number of aliphatic hydroxyl groups excluding tert-OH is 1. The first-order valence-corrected chi connectivity index (χ1v) is 8.16. The number of benzene rings is 1. The number of nitrogens with zero attached hydrogens (tertiary/aromatic N) is 3. The molecule has 1 aromatic carbocycles. The van der Waals surface area contributed by atoms with Crippen LogP contribution in [0.2, 0.25) is 0 Å². The first-order valence-electron chi connectivity index (χ1n) is 8.16. The van der Waals surface area contributed by atoms with Crippen molar-refractivity contribution < 1.29 is 14.9 Å². The van der Waals surface area contributed by atoms with E-state index in [2.05, 4.69) is 9.97 Å². The molecule has 0 unspecified atom stereocenters. The number of aromatic nitrogens is 2. The SMILES string of the molecule is Cc1cc(N2C[C@H](OC(C)C)[C@@H](O)C2)nc(-c2ccccc2O)n1. The molecular formula is C18H23N3O3. The van der Waals surface area contributed by atoms with Gasteiger partial charge in [0.1, 0.15) is 17.7 Å². The zero-order valence-corrected chi connectivity index (χ0v) is 14.2. The molecule has 0 radical (unpaired) electrons. The van der Waals surface area contributed by atoms with E-state index in [1.165, 1.54) is 0 Å². The minimum Gasteiger partial charge on any atom is -0.507 e. The largest absolute Gasteiger partial charge is 0.507 e. The van der Waals surface area contributed by atoms with Gasteiger partial charge in [0.05, 0.1) is 17.8 Å². The van der Waals surface area contributed by atoms with Gasteiger partial charge in [0.25, 0.3) is 0 Å². The van der Waals surface area contributed by atoms with Crippen molar-refractivity contribution in [3.05, 3.63) is 36.0 Å². The van der Waals surface area contributed by atoms with Crippen LogP contribution in [0.3, 0.4) is 0 Å². The molecule has 2 aromatic rings. The summed E-state index contributed by atoms with van der Waals surface area (Å²) in [6.07, 6.45) is -0.710. The molecule has 0 saturated carbocycles. The maximum absolute atomic E-state index is 10.2. The van der Waals surface area contributed by atoms with Gasteiger partial charge in [-0.15, -0.1) is 0 Å². The third-order valence-corrected chi connectivity index (χ3v) is 3.99. The Morgan fingerprint density at radius 1 is 1.21 bits per heavy atom. The molecule has 0 spiro atoms. The van der Waals surface area contributed by atoms with Gasteiger partial charge in [0.15, 0.2) is 5.82 Å². The third kappa shape index (κ3) is 3.49. The number of aryl methyl sites for hydroxylation is 1. The van der Waals surface area contributed by atoms with Crippen molar-refractivity contribution in [3.63, 3.8) is 0 Å². The predicted octanol–water partition coefficient (Wildman–Crippen LogP) is 2.13. The van der Waals surface area contributed by atoms with Crippen LogP contribution in [-0.4, -0.2) is 51.6 Å². The van der Waals surface area contributed by atoms with E-state index in [0.717, 1.165) is 11.5 Å². The van der Waals surface area contributed by atoms with Crippen LogP contribution >= 0.6 is 0 Å². The quantitative estimate of drug-likeness (QED) is 0.895. The maximum atomic E-state index is 10.2. The molecule has 24 heavy (non-hydrogen) atoms. The number of β-amino-alcohol motifs (C(OH)–C–C–N with tert-alkyl or cyclic N) is 1. The highest BCUT2D eigenvalue weighted by molar-refractivity contribution is 5.65. The van der Waals surface area contributed by atoms with Crippen molar-refractivity contribution in [1.82, 2.24) is 9.97 Å². The number of hydrogen-bond acceptors (Lipinski definition) is 6. The van der Waals surface area contributed by atoms with E-state index < -0.39 is 6.10 Å². The molecular weight excluding hydrogens is 306 g/mol. The van der Waals surface area contributed by atoms with Gasteiger partial charge in [-0.05, 0) is 32.9 Å². The Bertz CT molecular complexity index is 720. The van der Waals surface area contributed by atoms with Gasteiger partial charge >= 0.3 is 0 Å². The second kappa shape index (κ2) is 6.75. The van der Waals surface area contributed by atoms with E-state index in [9.17, 15) is 10.2 Å². The van der Waals surface area contributed by atoms with Crippen molar-refractivity contribution in [2.45, 2.75) is 39.1 Å². The fourth-order valence-corrected chi connectivity index (χ4v) is 2.92. The highest BCUT2D eigenvalue weighted by Crippen LogP contribution is 2.29. The lowest BCUT2D eigenvalue weighted by Crippen LogP contribution is -2.29. The second-order valence-electron chi connectivity index (χ2n) is 6.40. The lowest BCUT2D eigenvalue weighted by molar-refractivity contribution is -0.0386. The number of rotatable bonds is 4. The number of aromatic hydroxyl groups is 1. The predicted molar refractivity (Wildman–Crippen MR) is 92.1 cm³/mol. The summed E-state index contributed by atoms with van der Waals surface area (Å²) in [4.78, 5) is 11.0. The number of phenols is 1. The fourth-order valence-electron chi connectivity index (χ4n) is 2.92. The van der Waals surface area contributed by atoms with Gasteiger partial charge < -0.3 is 19.8 Å². The van der Waals surface area contributed by atoms with Gasteiger partial charge in [-0.3, -0.25) is 0 Å². The average Bonchev–Trinajstić information content (AvgIpc) is 2.87. The zero-order chi connectivity index (χ0) is 17.3. The molecule has 2 atom stereocenters. The zero-order valence-electron chi connectivity index (χ0n) is 14.2. The van der Waals surface area contributed by atoms with Crippen LogP contribution in [0.25, 0.3) is 11.4 Å². The first-order chi connectivity index (χ1) is 11.4. The van der Waals surface area contributed by atoms with Crippen LogP contribution < -0.4 is 4.90 Å². The van der Waals surface area contributed by atoms with Crippen LogP contribution in [0.15, 0.2) is 30.3 Å². The van der Waals surface area contributed by atoms with Crippen molar-refractivity contribution >= 4 is 5.82 Å². The van der Waals surface area contributed by atoms with Crippen LogP contribution in [0.1, 0.15) is 19.5 Å². The van der Waals surface area contributed by atoms with E-state index in [1.54, 1.807) is 18.2 Å². The lowest BCUT2D eigenvalue weighted by atomic mass is 10.2. The molecule has 0 bridgehead atoms. The summed E-state index contributed by atoms with van der Waals surface area (Å²) in [7, 11) is 0. The van der Waals surface area contributed by atoms with Crippen molar-refractivity contribution in [2.75, 3.05) is 18.0 Å². The summed E-state index contributed by atoms with van der Waals surface area (Å²) < 4.78 is 5.76. The molecule has 2 N–H and O–H groups in total. The monoisotopic (exact) mass is 329 g/mol. The smallest absolute Gasteiger partial charge is 0.165 e. The van der Waals surface area contributed by atoms with Gasteiger partial charge in [-0.1, -0.05) is 12.1 Å². The molecule has 3 rings (SSSR count). The first kappa shape index (κ1) is 16.7. The summed E-state index contributed by atoms with van der Waals surface area (Å²) >= 11 is 0. The molecule has 6 nitrogen and oxygen atoms in total. The van der Waals surface area contributed by atoms with E-state index in [0.29, 0.717) is 24.5 Å². The summed E-state index contributed by atoms with van der Waals surface area (Å²) in [5, 5.41) is 20.3. The standard InChI is InChI=1S/C18H23N3O3/c1-11(2)24-16-10-21(9-15(16)23)17-8-12(3)19-18(20-17)13-6-4-5-7-14(13)22/h4-8,11,15-16,22-23H,9-10H2,1-3H3/t15-,16-/m0/s1. The van der Waals surface area contributed by atoms with Crippen molar-refractivity contribution in [2.24, 2.45) is 0 Å². The van der Waals surface area contributed by atoms with Crippen molar-refractivity contribution in [3.8, 4) is 17.1 Å². The fraction of sp³-hybridized carbons (Fsp3) is 0.444. The number of phenolic OH excluding ortho intramolecular Hbond substituents is 1. The molecule has 2 heterocycles. The Kier molecular flexibility index (Phi) is 4.69. The maximum Gasteiger partial charge on any atom is 0.165 e. The molecule has 0 aliphatic carbocycles. The summed E-state index contributed by atoms with van der Waals surface area (Å²) in [6, 6.07) is 8.89. The normalized spacial score (nSPS) is 20.8. The molecule has 6 heteroatoms. The lowest BCUT2D eigenvalue weighted by Gasteiger charge is -2.19. The van der Waals surface area contributed by atoms with Crippen LogP contribution in [0.5, 0.6) is 5.75 Å². The molecule has 128 valence electrons. The van der Waals surface area contributed by atoms with Gasteiger partial charge in [0, 0.05) is 24.8 Å². The Morgan fingerprint density at radius 3 is 2.67 bits per heavy atom. The Hall–Kier alpha value is -2.18. The number of anilines is 1. The molecule has 1 aromatic heterocycles. The summed E-state index contributed by atoms with van der Waals surface area (Å²) in [5.74, 6) is 1.36. The highest BCUT2D eigenvalue weighted by Gasteiger charge is 2.33. The van der Waals surface area contributed by atoms with E-state index >= 15 is 0 Å². The number of hydrogen-bond donors (Lipinski definition) is 2.